The van der Waals surface area contributed by atoms with Gasteiger partial charge in [0.2, 0.25) is 0 Å². The van der Waals surface area contributed by atoms with Gasteiger partial charge in [-0.25, -0.2) is 0 Å². The fraction of sp³-hybridized carbons (Fsp3) is 0.333. The zero-order valence-corrected chi connectivity index (χ0v) is 7.36. The molecule has 4 nitrogen and oxygen atoms in total. The molecule has 0 aromatic carbocycles. The van der Waals surface area contributed by atoms with Crippen molar-refractivity contribution >= 4 is 5.91 Å². The first kappa shape index (κ1) is 9.67. The lowest BCUT2D eigenvalue weighted by molar-refractivity contribution is 0.0995. The van der Waals surface area contributed by atoms with Crippen LogP contribution in [0.25, 0.3) is 0 Å². The first-order valence-electron chi connectivity index (χ1n) is 4.22. The van der Waals surface area contributed by atoms with Crippen LogP contribution in [0.3, 0.4) is 0 Å². The van der Waals surface area contributed by atoms with Crippen LogP contribution in [0.4, 0.5) is 0 Å². The van der Waals surface area contributed by atoms with Gasteiger partial charge < -0.3 is 11.1 Å². The maximum atomic E-state index is 10.4. The fourth-order valence-electron chi connectivity index (χ4n) is 0.685. The van der Waals surface area contributed by atoms with Crippen molar-refractivity contribution < 1.29 is 4.79 Å². The Kier molecular flexibility index (Phi) is 3.92. The maximum Gasteiger partial charge on any atom is 0.267 e. The Morgan fingerprint density at radius 1 is 1.46 bits per heavy atom. The molecule has 1 fully saturated rings. The predicted octanol–water partition coefficient (Wildman–Crippen LogP) is 0.160. The highest BCUT2D eigenvalue weighted by atomic mass is 16.1. The van der Waals surface area contributed by atoms with Crippen molar-refractivity contribution in [3.05, 3.63) is 30.1 Å². The molecule has 1 aromatic rings. The number of hydrogen-bond donors (Lipinski definition) is 2. The molecule has 1 aliphatic heterocycles. The molecule has 2 rings (SSSR count). The van der Waals surface area contributed by atoms with E-state index in [1.165, 1.54) is 25.7 Å². The summed E-state index contributed by atoms with van der Waals surface area (Å²) in [6.45, 7) is 2.50. The van der Waals surface area contributed by atoms with Gasteiger partial charge in [-0.05, 0) is 31.6 Å². The largest absolute Gasteiger partial charge is 0.364 e. The summed E-state index contributed by atoms with van der Waals surface area (Å²) in [6, 6.07) is 5.02. The number of carbonyl (C=O) groups excluding carboxylic acids is 1. The summed E-state index contributed by atoms with van der Waals surface area (Å²) < 4.78 is 0. The normalized spacial score (nSPS) is 13.5. The Labute approximate surface area is 77.2 Å². The number of nitrogens with one attached hydrogen (secondary N) is 1. The first-order valence-corrected chi connectivity index (χ1v) is 4.22. The average Bonchev–Trinajstić information content (AvgIpc) is 2.03. The lowest BCUT2D eigenvalue weighted by Crippen LogP contribution is -2.29. The molecule has 0 aliphatic carbocycles. The third-order valence-corrected chi connectivity index (χ3v) is 1.62. The number of primary amides is 1. The summed E-state index contributed by atoms with van der Waals surface area (Å²) in [6.07, 6.45) is 2.92. The minimum atomic E-state index is -0.490. The van der Waals surface area contributed by atoms with Crippen molar-refractivity contribution in [2.45, 2.75) is 6.42 Å². The fourth-order valence-corrected chi connectivity index (χ4v) is 0.685. The molecule has 2 heterocycles. The average molecular weight is 179 g/mol. The van der Waals surface area contributed by atoms with Crippen molar-refractivity contribution in [2.24, 2.45) is 5.73 Å². The van der Waals surface area contributed by atoms with Crippen LogP contribution >= 0.6 is 0 Å². The van der Waals surface area contributed by atoms with E-state index >= 15 is 0 Å². The summed E-state index contributed by atoms with van der Waals surface area (Å²) >= 11 is 0. The molecule has 1 aliphatic rings. The lowest BCUT2D eigenvalue weighted by atomic mass is 10.3. The van der Waals surface area contributed by atoms with Gasteiger partial charge in [0.25, 0.3) is 5.91 Å². The third-order valence-electron chi connectivity index (χ3n) is 1.62. The van der Waals surface area contributed by atoms with Crippen molar-refractivity contribution in [1.29, 1.82) is 0 Å². The molecule has 0 atom stereocenters. The van der Waals surface area contributed by atoms with E-state index in [0.717, 1.165) is 0 Å². The SMILES string of the molecule is C1CNC1.NC(=O)c1ccccn1. The minimum Gasteiger partial charge on any atom is -0.364 e. The molecule has 3 N–H and O–H groups in total. The highest BCUT2D eigenvalue weighted by Crippen LogP contribution is 1.89. The number of amides is 1. The molecule has 1 aromatic heterocycles. The molecular formula is C9H13N3O. The maximum absolute atomic E-state index is 10.4. The number of carbonyl (C=O) groups is 1. The second-order valence-electron chi connectivity index (χ2n) is 2.68. The van der Waals surface area contributed by atoms with Crippen LogP contribution in [0.15, 0.2) is 24.4 Å². The number of nitrogens with two attached hydrogens (primary N) is 1. The standard InChI is InChI=1S/C6H6N2O.C3H7N/c7-6(9)5-3-1-2-4-8-5;1-2-4-3-1/h1-4H,(H2,7,9);4H,1-3H2. The summed E-state index contributed by atoms with van der Waals surface area (Å²) in [5.41, 5.74) is 5.22. The highest BCUT2D eigenvalue weighted by molar-refractivity contribution is 5.90. The van der Waals surface area contributed by atoms with Gasteiger partial charge in [0.1, 0.15) is 5.69 Å². The lowest BCUT2D eigenvalue weighted by Gasteiger charge is -2.09. The predicted molar refractivity (Wildman–Crippen MR) is 50.2 cm³/mol. The Balaban J connectivity index is 0.000000175. The third kappa shape index (κ3) is 3.66. The van der Waals surface area contributed by atoms with Crippen LogP contribution in [0.5, 0.6) is 0 Å². The summed E-state index contributed by atoms with van der Waals surface area (Å²) in [5, 5.41) is 3.11. The van der Waals surface area contributed by atoms with Crippen LogP contribution in [0.1, 0.15) is 16.9 Å². The van der Waals surface area contributed by atoms with Crippen molar-refractivity contribution in [1.82, 2.24) is 10.3 Å². The van der Waals surface area contributed by atoms with E-state index in [-0.39, 0.29) is 0 Å². The van der Waals surface area contributed by atoms with E-state index in [9.17, 15) is 4.79 Å². The first-order chi connectivity index (χ1) is 6.30. The van der Waals surface area contributed by atoms with E-state index in [2.05, 4.69) is 10.3 Å². The molecule has 0 radical (unpaired) electrons. The quantitative estimate of drug-likeness (QED) is 0.645. The summed E-state index contributed by atoms with van der Waals surface area (Å²) in [4.78, 5) is 14.1. The van der Waals surface area contributed by atoms with E-state index in [0.29, 0.717) is 5.69 Å². The number of pyridine rings is 1. The van der Waals surface area contributed by atoms with Crippen LogP contribution in [-0.4, -0.2) is 24.0 Å². The van der Waals surface area contributed by atoms with E-state index in [1.54, 1.807) is 18.2 Å². The number of aromatic nitrogens is 1. The summed E-state index contributed by atoms with van der Waals surface area (Å²) in [5.74, 6) is -0.490. The zero-order chi connectivity index (χ0) is 9.52. The molecule has 4 heteroatoms. The molecule has 0 unspecified atom stereocenters. The smallest absolute Gasteiger partial charge is 0.267 e. The Bertz CT molecular complexity index is 253. The Morgan fingerprint density at radius 3 is 2.31 bits per heavy atom. The van der Waals surface area contributed by atoms with E-state index in [1.807, 2.05) is 0 Å². The van der Waals surface area contributed by atoms with Crippen molar-refractivity contribution in [2.75, 3.05) is 13.1 Å². The monoisotopic (exact) mass is 179 g/mol. The molecule has 0 bridgehead atoms. The van der Waals surface area contributed by atoms with Gasteiger partial charge in [-0.2, -0.15) is 0 Å². The minimum absolute atomic E-state index is 0.303. The van der Waals surface area contributed by atoms with Crippen molar-refractivity contribution in [3.8, 4) is 0 Å². The molecule has 13 heavy (non-hydrogen) atoms. The molecule has 0 spiro atoms. The highest BCUT2D eigenvalue weighted by Gasteiger charge is 1.96. The molecular weight excluding hydrogens is 166 g/mol. The zero-order valence-electron chi connectivity index (χ0n) is 7.36. The topological polar surface area (TPSA) is 68.0 Å². The van der Waals surface area contributed by atoms with Gasteiger partial charge in [-0.15, -0.1) is 0 Å². The molecule has 1 amide bonds. The van der Waals surface area contributed by atoms with Gasteiger partial charge in [0.15, 0.2) is 0 Å². The van der Waals surface area contributed by atoms with Gasteiger partial charge >= 0.3 is 0 Å². The van der Waals surface area contributed by atoms with E-state index in [4.69, 9.17) is 5.73 Å². The van der Waals surface area contributed by atoms with E-state index < -0.39 is 5.91 Å². The van der Waals surface area contributed by atoms with Gasteiger partial charge in [-0.1, -0.05) is 6.07 Å². The molecule has 1 saturated heterocycles. The number of nitrogens with zero attached hydrogens (tertiary/aromatic N) is 1. The van der Waals surface area contributed by atoms with Crippen LogP contribution in [0.2, 0.25) is 0 Å². The van der Waals surface area contributed by atoms with Gasteiger partial charge in [0.05, 0.1) is 0 Å². The Morgan fingerprint density at radius 2 is 2.08 bits per heavy atom. The van der Waals surface area contributed by atoms with Crippen molar-refractivity contribution in [3.63, 3.8) is 0 Å². The van der Waals surface area contributed by atoms with Crippen LogP contribution in [0, 0.1) is 0 Å². The summed E-state index contributed by atoms with van der Waals surface area (Å²) in [7, 11) is 0. The Hall–Kier alpha value is -1.42. The number of hydrogen-bond acceptors (Lipinski definition) is 3. The second-order valence-corrected chi connectivity index (χ2v) is 2.68. The van der Waals surface area contributed by atoms with Crippen LogP contribution in [-0.2, 0) is 0 Å². The van der Waals surface area contributed by atoms with Gasteiger partial charge in [0, 0.05) is 6.20 Å². The molecule has 70 valence electrons. The van der Waals surface area contributed by atoms with Crippen LogP contribution < -0.4 is 11.1 Å². The molecule has 0 saturated carbocycles. The second kappa shape index (κ2) is 5.27. The van der Waals surface area contributed by atoms with Gasteiger partial charge in [-0.3, -0.25) is 9.78 Å². The number of rotatable bonds is 1.